The molecule has 8 heteroatoms. The fourth-order valence-electron chi connectivity index (χ4n) is 4.78. The maximum atomic E-state index is 12.8. The van der Waals surface area contributed by atoms with Crippen LogP contribution in [0.2, 0.25) is 5.02 Å². The van der Waals surface area contributed by atoms with E-state index in [1.807, 2.05) is 19.1 Å². The largest absolute Gasteiger partial charge is 0.394 e. The Bertz CT molecular complexity index is 1300. The average Bonchev–Trinajstić information content (AvgIpc) is 3.31. The fraction of sp³-hybridized carbons (Fsp3) is 0.375. The molecule has 3 heterocycles. The van der Waals surface area contributed by atoms with E-state index >= 15 is 0 Å². The number of hydrogen-bond acceptors (Lipinski definition) is 2. The van der Waals surface area contributed by atoms with Crippen molar-refractivity contribution >= 4 is 28.2 Å². The van der Waals surface area contributed by atoms with Crippen molar-refractivity contribution < 1.29 is 18.3 Å². The Morgan fingerprint density at radius 1 is 1.16 bits per heavy atom. The number of alkyl halides is 3. The molecule has 0 unspecified atom stereocenters. The summed E-state index contributed by atoms with van der Waals surface area (Å²) in [6, 6.07) is 10.2. The Hall–Kier alpha value is -2.51. The minimum atomic E-state index is -4.31. The van der Waals surface area contributed by atoms with E-state index in [0.717, 1.165) is 47.7 Å². The molecule has 4 aromatic rings. The highest BCUT2D eigenvalue weighted by Crippen LogP contribution is 2.38. The summed E-state index contributed by atoms with van der Waals surface area (Å²) in [5.74, 6) is 0. The quantitative estimate of drug-likeness (QED) is 0.374. The number of rotatable bonds is 3. The number of aliphatic hydroxyl groups is 1. The van der Waals surface area contributed by atoms with E-state index in [2.05, 4.69) is 27.9 Å². The van der Waals surface area contributed by atoms with Gasteiger partial charge >= 0.3 is 6.18 Å². The third-order valence-corrected chi connectivity index (χ3v) is 6.91. The molecule has 0 bridgehead atoms. The van der Waals surface area contributed by atoms with Crippen molar-refractivity contribution in [3.8, 4) is 11.1 Å². The maximum Gasteiger partial charge on any atom is 0.394 e. The highest BCUT2D eigenvalue weighted by molar-refractivity contribution is 6.36. The lowest BCUT2D eigenvalue weighted by Crippen LogP contribution is -2.31. The number of imidazole rings is 1. The van der Waals surface area contributed by atoms with E-state index in [-0.39, 0.29) is 5.69 Å². The second-order valence-corrected chi connectivity index (χ2v) is 9.38. The summed E-state index contributed by atoms with van der Waals surface area (Å²) in [5.41, 5.74) is 2.52. The lowest BCUT2D eigenvalue weighted by Gasteiger charge is -2.34. The van der Waals surface area contributed by atoms with Crippen molar-refractivity contribution in [2.24, 2.45) is 0 Å². The van der Waals surface area contributed by atoms with Gasteiger partial charge in [-0.2, -0.15) is 13.2 Å². The van der Waals surface area contributed by atoms with Gasteiger partial charge in [0, 0.05) is 41.1 Å². The second-order valence-electron chi connectivity index (χ2n) is 9.00. The first kappa shape index (κ1) is 21.3. The first-order valence-corrected chi connectivity index (χ1v) is 11.0. The Morgan fingerprint density at radius 3 is 2.62 bits per heavy atom. The van der Waals surface area contributed by atoms with Crippen LogP contribution in [0.25, 0.3) is 27.7 Å². The predicted molar refractivity (Wildman–Crippen MR) is 119 cm³/mol. The third kappa shape index (κ3) is 3.88. The van der Waals surface area contributed by atoms with Crippen LogP contribution in [0.4, 0.5) is 13.2 Å². The molecule has 0 atom stereocenters. The number of hydrogen-bond donors (Lipinski definition) is 1. The van der Waals surface area contributed by atoms with Gasteiger partial charge in [-0.25, -0.2) is 4.98 Å². The van der Waals surface area contributed by atoms with E-state index in [4.69, 9.17) is 11.6 Å². The molecule has 0 amide bonds. The van der Waals surface area contributed by atoms with Gasteiger partial charge in [0.05, 0.1) is 22.7 Å². The topological polar surface area (TPSA) is 42.5 Å². The molecule has 0 radical (unpaired) electrons. The molecule has 32 heavy (non-hydrogen) atoms. The van der Waals surface area contributed by atoms with E-state index in [1.165, 1.54) is 10.6 Å². The summed E-state index contributed by atoms with van der Waals surface area (Å²) >= 11 is 6.57. The number of nitrogens with zero attached hydrogens (tertiary/aromatic N) is 3. The predicted octanol–water partition coefficient (Wildman–Crippen LogP) is 6.58. The van der Waals surface area contributed by atoms with Crippen molar-refractivity contribution in [2.75, 3.05) is 0 Å². The molecule has 5 rings (SSSR count). The molecule has 0 spiro atoms. The van der Waals surface area contributed by atoms with Gasteiger partial charge in [0.15, 0.2) is 5.65 Å². The molecule has 1 aromatic carbocycles. The Morgan fingerprint density at radius 2 is 1.91 bits per heavy atom. The van der Waals surface area contributed by atoms with Crippen molar-refractivity contribution in [3.63, 3.8) is 0 Å². The van der Waals surface area contributed by atoms with Crippen LogP contribution in [-0.2, 0) is 6.42 Å². The van der Waals surface area contributed by atoms with Crippen molar-refractivity contribution in [2.45, 2.75) is 56.8 Å². The normalized spacial score (nSPS) is 22.1. The van der Waals surface area contributed by atoms with E-state index in [1.54, 1.807) is 12.3 Å². The molecule has 1 N–H and O–H groups in total. The van der Waals surface area contributed by atoms with E-state index in [0.29, 0.717) is 16.7 Å². The van der Waals surface area contributed by atoms with Gasteiger partial charge in [-0.1, -0.05) is 17.7 Å². The summed E-state index contributed by atoms with van der Waals surface area (Å²) in [5, 5.41) is 11.6. The van der Waals surface area contributed by atoms with Gasteiger partial charge < -0.3 is 14.1 Å². The molecule has 1 saturated carbocycles. The van der Waals surface area contributed by atoms with Crippen molar-refractivity contribution in [1.82, 2.24) is 14.0 Å². The number of halogens is 4. The van der Waals surface area contributed by atoms with Crippen LogP contribution in [0, 0.1) is 0 Å². The molecule has 1 aliphatic carbocycles. The summed E-state index contributed by atoms with van der Waals surface area (Å²) in [4.78, 5) is 4.13. The van der Waals surface area contributed by atoms with Crippen LogP contribution in [0.15, 0.2) is 48.9 Å². The van der Waals surface area contributed by atoms with Gasteiger partial charge in [-0.15, -0.1) is 0 Å². The first-order valence-electron chi connectivity index (χ1n) is 10.7. The van der Waals surface area contributed by atoms with Gasteiger partial charge in [0.25, 0.3) is 0 Å². The zero-order valence-corrected chi connectivity index (χ0v) is 18.3. The second kappa shape index (κ2) is 7.52. The molecule has 0 saturated heterocycles. The molecular weight excluding hydrogens is 439 g/mol. The standard InChI is InChI=1S/C24H23ClF3N3O/c1-23(32)8-4-17(5-9-23)30-10-6-16-12-15(2-3-20(16)30)19-7-11-31-18(13-24(26,27)28)14-29-22(31)21(19)25/h2-3,6-7,10-12,14,17,32H,4-5,8-9,13H2,1H3. The highest BCUT2D eigenvalue weighted by Gasteiger charge is 2.31. The smallest absolute Gasteiger partial charge is 0.390 e. The monoisotopic (exact) mass is 461 g/mol. The Kier molecular flexibility index (Phi) is 5.02. The SMILES string of the molecule is CC1(O)CCC(n2ccc3cc(-c4ccn5c(CC(F)(F)F)cnc5c4Cl)ccc32)CC1. The van der Waals surface area contributed by atoms with Crippen LogP contribution in [-0.4, -0.2) is 30.8 Å². The lowest BCUT2D eigenvalue weighted by atomic mass is 9.83. The highest BCUT2D eigenvalue weighted by atomic mass is 35.5. The van der Waals surface area contributed by atoms with Crippen LogP contribution in [0.1, 0.15) is 44.3 Å². The zero-order chi connectivity index (χ0) is 22.7. The maximum absolute atomic E-state index is 12.8. The van der Waals surface area contributed by atoms with Crippen molar-refractivity contribution in [3.05, 3.63) is 59.6 Å². The Balaban J connectivity index is 1.48. The number of benzene rings is 1. The van der Waals surface area contributed by atoms with Gasteiger partial charge in [0.2, 0.25) is 0 Å². The molecule has 3 aromatic heterocycles. The summed E-state index contributed by atoms with van der Waals surface area (Å²) in [7, 11) is 0. The van der Waals surface area contributed by atoms with Crippen LogP contribution >= 0.6 is 11.6 Å². The van der Waals surface area contributed by atoms with Crippen LogP contribution in [0.3, 0.4) is 0 Å². The first-order chi connectivity index (χ1) is 15.1. The van der Waals surface area contributed by atoms with Gasteiger partial charge in [-0.05, 0) is 62.4 Å². The number of aromatic nitrogens is 3. The fourth-order valence-corrected chi connectivity index (χ4v) is 5.09. The number of pyridine rings is 1. The van der Waals surface area contributed by atoms with E-state index in [9.17, 15) is 18.3 Å². The Labute approximate surface area is 188 Å². The molecule has 4 nitrogen and oxygen atoms in total. The minimum absolute atomic E-state index is 0.0555. The summed E-state index contributed by atoms with van der Waals surface area (Å²) in [6.45, 7) is 1.90. The molecule has 0 aliphatic heterocycles. The lowest BCUT2D eigenvalue weighted by molar-refractivity contribution is -0.127. The molecule has 168 valence electrons. The molecule has 1 fully saturated rings. The molecule has 1 aliphatic rings. The van der Waals surface area contributed by atoms with Crippen molar-refractivity contribution in [1.29, 1.82) is 0 Å². The molecular formula is C24H23ClF3N3O. The summed E-state index contributed by atoms with van der Waals surface area (Å²) < 4.78 is 42.1. The zero-order valence-electron chi connectivity index (χ0n) is 17.5. The van der Waals surface area contributed by atoms with Gasteiger partial charge in [0.1, 0.15) is 0 Å². The average molecular weight is 462 g/mol. The number of fused-ring (bicyclic) bond motifs is 2. The van der Waals surface area contributed by atoms with Gasteiger partial charge in [-0.3, -0.25) is 0 Å². The summed E-state index contributed by atoms with van der Waals surface area (Å²) in [6.07, 6.45) is 2.96. The van der Waals surface area contributed by atoms with Crippen LogP contribution < -0.4 is 0 Å². The van der Waals surface area contributed by atoms with Crippen LogP contribution in [0.5, 0.6) is 0 Å². The third-order valence-electron chi connectivity index (χ3n) is 6.54. The van der Waals surface area contributed by atoms with E-state index < -0.39 is 18.2 Å². The minimum Gasteiger partial charge on any atom is -0.390 e.